The summed E-state index contributed by atoms with van der Waals surface area (Å²) in [5.41, 5.74) is 0. The first-order valence-corrected chi connectivity index (χ1v) is 3.81. The predicted molar refractivity (Wildman–Crippen MR) is 45.5 cm³/mol. The lowest BCUT2D eigenvalue weighted by atomic mass is 10.3. The lowest BCUT2D eigenvalue weighted by molar-refractivity contribution is 0.577. The molecule has 3 nitrogen and oxygen atoms in total. The molecule has 1 rings (SSSR count). The van der Waals surface area contributed by atoms with Gasteiger partial charge >= 0.3 is 0 Å². The van der Waals surface area contributed by atoms with E-state index in [0.717, 1.165) is 0 Å². The van der Waals surface area contributed by atoms with E-state index in [2.05, 4.69) is 9.97 Å². The summed E-state index contributed by atoms with van der Waals surface area (Å²) in [4.78, 5) is 9.19. The van der Waals surface area contributed by atoms with Crippen molar-refractivity contribution in [2.45, 2.75) is 19.9 Å². The molecule has 0 aliphatic carbocycles. The van der Waals surface area contributed by atoms with Crippen molar-refractivity contribution in [2.75, 3.05) is 11.9 Å². The van der Waals surface area contributed by atoms with Crippen LogP contribution in [-0.2, 0) is 0 Å². The predicted octanol–water partition coefficient (Wildman–Crippen LogP) is 1.46. The Kier molecular flexibility index (Phi) is 2.58. The Morgan fingerprint density at radius 2 is 2.08 bits per heavy atom. The standard InChI is InChI=1S/C8H12FN3/c1-6(2)12(3)8-4-7(9)10-5-11-8/h4-6H,1-3H3. The van der Waals surface area contributed by atoms with Crippen LogP contribution in [0.5, 0.6) is 0 Å². The first kappa shape index (κ1) is 8.90. The van der Waals surface area contributed by atoms with E-state index in [9.17, 15) is 4.39 Å². The lowest BCUT2D eigenvalue weighted by Crippen LogP contribution is -2.26. The van der Waals surface area contributed by atoms with Gasteiger partial charge in [0.2, 0.25) is 5.95 Å². The Labute approximate surface area is 71.3 Å². The Morgan fingerprint density at radius 1 is 1.42 bits per heavy atom. The Hall–Kier alpha value is -1.19. The summed E-state index contributed by atoms with van der Waals surface area (Å²) in [6.07, 6.45) is 1.23. The maximum atomic E-state index is 12.6. The zero-order chi connectivity index (χ0) is 9.14. The number of rotatable bonds is 2. The van der Waals surface area contributed by atoms with Crippen LogP contribution in [0.2, 0.25) is 0 Å². The molecule has 0 radical (unpaired) electrons. The molecule has 0 aliphatic heterocycles. The lowest BCUT2D eigenvalue weighted by Gasteiger charge is -2.21. The topological polar surface area (TPSA) is 29.0 Å². The highest BCUT2D eigenvalue weighted by Gasteiger charge is 2.06. The van der Waals surface area contributed by atoms with Gasteiger partial charge in [-0.3, -0.25) is 0 Å². The second kappa shape index (κ2) is 3.47. The van der Waals surface area contributed by atoms with Crippen LogP contribution in [0.4, 0.5) is 10.2 Å². The Balaban J connectivity index is 2.88. The maximum absolute atomic E-state index is 12.6. The second-order valence-corrected chi connectivity index (χ2v) is 2.90. The van der Waals surface area contributed by atoms with Crippen molar-refractivity contribution in [1.82, 2.24) is 9.97 Å². The summed E-state index contributed by atoms with van der Waals surface area (Å²) < 4.78 is 12.6. The largest absolute Gasteiger partial charge is 0.357 e. The van der Waals surface area contributed by atoms with E-state index in [1.54, 1.807) is 0 Å². The first-order valence-electron chi connectivity index (χ1n) is 3.81. The molecule has 0 N–H and O–H groups in total. The van der Waals surface area contributed by atoms with E-state index in [1.165, 1.54) is 12.4 Å². The third-order valence-corrected chi connectivity index (χ3v) is 1.76. The summed E-state index contributed by atoms with van der Waals surface area (Å²) in [6.45, 7) is 4.03. The van der Waals surface area contributed by atoms with Gasteiger partial charge in [0.05, 0.1) is 0 Å². The fourth-order valence-corrected chi connectivity index (χ4v) is 0.782. The average molecular weight is 169 g/mol. The van der Waals surface area contributed by atoms with Gasteiger partial charge in [0, 0.05) is 19.2 Å². The number of aromatic nitrogens is 2. The quantitative estimate of drug-likeness (QED) is 0.627. The minimum absolute atomic E-state index is 0.305. The first-order chi connectivity index (χ1) is 5.61. The van der Waals surface area contributed by atoms with Gasteiger partial charge < -0.3 is 4.90 Å². The van der Waals surface area contributed by atoms with Crippen LogP contribution < -0.4 is 4.90 Å². The van der Waals surface area contributed by atoms with Crippen molar-refractivity contribution < 1.29 is 4.39 Å². The van der Waals surface area contributed by atoms with Crippen LogP contribution in [0, 0.1) is 5.95 Å². The second-order valence-electron chi connectivity index (χ2n) is 2.90. The molecule has 0 aromatic carbocycles. The maximum Gasteiger partial charge on any atom is 0.218 e. The molecule has 0 saturated heterocycles. The van der Waals surface area contributed by atoms with Crippen LogP contribution in [0.1, 0.15) is 13.8 Å². The summed E-state index contributed by atoms with van der Waals surface area (Å²) in [5, 5.41) is 0. The molecule has 4 heteroatoms. The number of nitrogens with zero attached hydrogens (tertiary/aromatic N) is 3. The van der Waals surface area contributed by atoms with Crippen molar-refractivity contribution in [3.8, 4) is 0 Å². The monoisotopic (exact) mass is 169 g/mol. The van der Waals surface area contributed by atoms with Gasteiger partial charge in [0.1, 0.15) is 12.1 Å². The molecule has 0 amide bonds. The molecule has 1 heterocycles. The van der Waals surface area contributed by atoms with Crippen molar-refractivity contribution in [3.63, 3.8) is 0 Å². The fraction of sp³-hybridized carbons (Fsp3) is 0.500. The summed E-state index contributed by atoms with van der Waals surface area (Å²) in [7, 11) is 1.87. The molecular formula is C8H12FN3. The molecule has 66 valence electrons. The highest BCUT2D eigenvalue weighted by molar-refractivity contribution is 5.36. The third-order valence-electron chi connectivity index (χ3n) is 1.76. The van der Waals surface area contributed by atoms with Crippen LogP contribution in [-0.4, -0.2) is 23.1 Å². The van der Waals surface area contributed by atoms with E-state index in [-0.39, 0.29) is 0 Å². The van der Waals surface area contributed by atoms with Gasteiger partial charge in [-0.2, -0.15) is 4.39 Å². The Bertz CT molecular complexity index is 262. The molecule has 12 heavy (non-hydrogen) atoms. The zero-order valence-corrected chi connectivity index (χ0v) is 7.45. The summed E-state index contributed by atoms with van der Waals surface area (Å²) in [6, 6.07) is 1.62. The van der Waals surface area contributed by atoms with Crippen LogP contribution in [0.25, 0.3) is 0 Å². The zero-order valence-electron chi connectivity index (χ0n) is 7.45. The number of anilines is 1. The van der Waals surface area contributed by atoms with E-state index in [4.69, 9.17) is 0 Å². The van der Waals surface area contributed by atoms with Gasteiger partial charge in [-0.1, -0.05) is 0 Å². The molecule has 0 spiro atoms. The minimum atomic E-state index is -0.493. The molecular weight excluding hydrogens is 157 g/mol. The molecule has 1 aromatic rings. The molecule has 0 bridgehead atoms. The SMILES string of the molecule is CC(C)N(C)c1cc(F)ncn1. The molecule has 0 fully saturated rings. The molecule has 0 aliphatic rings. The minimum Gasteiger partial charge on any atom is -0.357 e. The molecule has 1 aromatic heterocycles. The highest BCUT2D eigenvalue weighted by atomic mass is 19.1. The van der Waals surface area contributed by atoms with Crippen molar-refractivity contribution in [3.05, 3.63) is 18.3 Å². The molecule has 0 atom stereocenters. The van der Waals surface area contributed by atoms with Crippen molar-refractivity contribution >= 4 is 5.82 Å². The van der Waals surface area contributed by atoms with Gasteiger partial charge in [-0.25, -0.2) is 9.97 Å². The Morgan fingerprint density at radius 3 is 2.58 bits per heavy atom. The highest BCUT2D eigenvalue weighted by Crippen LogP contribution is 2.10. The molecule has 0 unspecified atom stereocenters. The summed E-state index contributed by atoms with van der Waals surface area (Å²) in [5.74, 6) is 0.116. The van der Waals surface area contributed by atoms with Crippen LogP contribution in [0.15, 0.2) is 12.4 Å². The van der Waals surface area contributed by atoms with Crippen LogP contribution >= 0.6 is 0 Å². The van der Waals surface area contributed by atoms with E-state index < -0.39 is 5.95 Å². The number of halogens is 1. The molecule has 0 saturated carbocycles. The number of hydrogen-bond donors (Lipinski definition) is 0. The van der Waals surface area contributed by atoms with Crippen molar-refractivity contribution in [2.24, 2.45) is 0 Å². The van der Waals surface area contributed by atoms with Gasteiger partial charge in [-0.15, -0.1) is 0 Å². The summed E-state index contributed by atoms with van der Waals surface area (Å²) >= 11 is 0. The fourth-order valence-electron chi connectivity index (χ4n) is 0.782. The van der Waals surface area contributed by atoms with Gasteiger partial charge in [0.15, 0.2) is 0 Å². The van der Waals surface area contributed by atoms with Crippen LogP contribution in [0.3, 0.4) is 0 Å². The number of hydrogen-bond acceptors (Lipinski definition) is 3. The van der Waals surface area contributed by atoms with Gasteiger partial charge in [0.25, 0.3) is 0 Å². The van der Waals surface area contributed by atoms with Gasteiger partial charge in [-0.05, 0) is 13.8 Å². The normalized spacial score (nSPS) is 10.4. The van der Waals surface area contributed by atoms with Crippen molar-refractivity contribution in [1.29, 1.82) is 0 Å². The van der Waals surface area contributed by atoms with E-state index >= 15 is 0 Å². The van der Waals surface area contributed by atoms with E-state index in [1.807, 2.05) is 25.8 Å². The smallest absolute Gasteiger partial charge is 0.218 e. The third kappa shape index (κ3) is 1.90. The van der Waals surface area contributed by atoms with E-state index in [0.29, 0.717) is 11.9 Å². The average Bonchev–Trinajstić information content (AvgIpc) is 2.03.